The van der Waals surface area contributed by atoms with E-state index in [1.807, 2.05) is 4.90 Å². The quantitative estimate of drug-likeness (QED) is 0.739. The van der Waals surface area contributed by atoms with Crippen LogP contribution in [0.4, 0.5) is 0 Å². The molecule has 19 heavy (non-hydrogen) atoms. The number of likely N-dealkylation sites (tertiary alicyclic amines) is 1. The van der Waals surface area contributed by atoms with Crippen molar-refractivity contribution >= 4 is 15.7 Å². The summed E-state index contributed by atoms with van der Waals surface area (Å²) in [6, 6.07) is 0.247. The Morgan fingerprint density at radius 3 is 2.37 bits per heavy atom. The van der Waals surface area contributed by atoms with Gasteiger partial charge in [0, 0.05) is 12.6 Å². The first-order valence-electron chi connectivity index (χ1n) is 7.21. The summed E-state index contributed by atoms with van der Waals surface area (Å²) >= 11 is 0. The number of sulfone groups is 1. The van der Waals surface area contributed by atoms with Crippen molar-refractivity contribution in [2.75, 3.05) is 18.1 Å². The molecule has 1 amide bonds. The number of carbonyl (C=O) groups is 1. The van der Waals surface area contributed by atoms with Crippen molar-refractivity contribution in [3.8, 4) is 0 Å². The molecule has 2 aliphatic rings. The normalized spacial score (nSPS) is 31.4. The summed E-state index contributed by atoms with van der Waals surface area (Å²) < 4.78 is 23.1. The number of hydrogen-bond donors (Lipinski definition) is 0. The van der Waals surface area contributed by atoms with Gasteiger partial charge in [-0.25, -0.2) is 8.42 Å². The molecular formula is C14H25NO3S. The van der Waals surface area contributed by atoms with Crippen LogP contribution < -0.4 is 0 Å². The van der Waals surface area contributed by atoms with E-state index in [0.717, 1.165) is 25.8 Å². The van der Waals surface area contributed by atoms with Crippen molar-refractivity contribution in [2.45, 2.75) is 52.5 Å². The molecule has 2 heterocycles. The standard InChI is InChI=1S/C14H25NO3S/c1-14(2,3)12-6-4-5-8-15(12)13(16)11-7-9-19(17,18)10-11/h11-12H,4-10H2,1-3H3. The van der Waals surface area contributed by atoms with Gasteiger partial charge in [-0.05, 0) is 31.1 Å². The predicted octanol–water partition coefficient (Wildman–Crippen LogP) is 1.85. The zero-order chi connectivity index (χ0) is 14.3. The Bertz CT molecular complexity index is 450. The molecule has 110 valence electrons. The maximum absolute atomic E-state index is 12.6. The first kappa shape index (κ1) is 14.8. The summed E-state index contributed by atoms with van der Waals surface area (Å²) in [5.74, 6) is 0.00466. The molecule has 2 fully saturated rings. The minimum atomic E-state index is -2.98. The van der Waals surface area contributed by atoms with Crippen LogP contribution in [0.2, 0.25) is 0 Å². The van der Waals surface area contributed by atoms with E-state index in [0.29, 0.717) is 6.42 Å². The zero-order valence-corrected chi connectivity index (χ0v) is 13.0. The lowest BCUT2D eigenvalue weighted by atomic mass is 9.80. The fourth-order valence-electron chi connectivity index (χ4n) is 3.32. The van der Waals surface area contributed by atoms with Crippen LogP contribution in [0, 0.1) is 11.3 Å². The van der Waals surface area contributed by atoms with Crippen LogP contribution in [0.3, 0.4) is 0 Å². The van der Waals surface area contributed by atoms with Gasteiger partial charge in [-0.2, -0.15) is 0 Å². The Labute approximate surface area is 116 Å². The molecule has 0 saturated carbocycles. The summed E-state index contributed by atoms with van der Waals surface area (Å²) in [6.45, 7) is 7.27. The second-order valence-electron chi connectivity index (χ2n) is 7.01. The molecule has 0 N–H and O–H groups in total. The lowest BCUT2D eigenvalue weighted by molar-refractivity contribution is -0.141. The number of rotatable bonds is 1. The van der Waals surface area contributed by atoms with Crippen molar-refractivity contribution in [2.24, 2.45) is 11.3 Å². The molecule has 0 spiro atoms. The maximum atomic E-state index is 12.6. The van der Waals surface area contributed by atoms with Crippen molar-refractivity contribution in [3.63, 3.8) is 0 Å². The molecule has 0 bridgehead atoms. The molecule has 2 rings (SSSR count). The van der Waals surface area contributed by atoms with Gasteiger partial charge in [0.15, 0.2) is 9.84 Å². The van der Waals surface area contributed by atoms with Crippen LogP contribution in [0.5, 0.6) is 0 Å². The van der Waals surface area contributed by atoms with Crippen molar-refractivity contribution in [1.29, 1.82) is 0 Å². The van der Waals surface area contributed by atoms with Gasteiger partial charge in [0.1, 0.15) is 0 Å². The van der Waals surface area contributed by atoms with E-state index in [1.54, 1.807) is 0 Å². The van der Waals surface area contributed by atoms with Gasteiger partial charge < -0.3 is 4.90 Å². The average molecular weight is 287 g/mol. The number of nitrogens with zero attached hydrogens (tertiary/aromatic N) is 1. The number of hydrogen-bond acceptors (Lipinski definition) is 3. The monoisotopic (exact) mass is 287 g/mol. The molecule has 2 unspecified atom stereocenters. The predicted molar refractivity (Wildman–Crippen MR) is 75.6 cm³/mol. The van der Waals surface area contributed by atoms with E-state index in [1.165, 1.54) is 0 Å². The highest BCUT2D eigenvalue weighted by molar-refractivity contribution is 7.91. The highest BCUT2D eigenvalue weighted by Gasteiger charge is 2.41. The SMILES string of the molecule is CC(C)(C)C1CCCCN1C(=O)C1CCS(=O)(=O)C1. The molecule has 4 nitrogen and oxygen atoms in total. The van der Waals surface area contributed by atoms with Gasteiger partial charge in [0.2, 0.25) is 5.91 Å². The Kier molecular flexibility index (Phi) is 3.96. The molecular weight excluding hydrogens is 262 g/mol. The van der Waals surface area contributed by atoms with Gasteiger partial charge in [0.25, 0.3) is 0 Å². The van der Waals surface area contributed by atoms with Crippen LogP contribution in [-0.2, 0) is 14.6 Å². The van der Waals surface area contributed by atoms with E-state index in [4.69, 9.17) is 0 Å². The minimum Gasteiger partial charge on any atom is -0.339 e. The second-order valence-corrected chi connectivity index (χ2v) is 9.24. The molecule has 5 heteroatoms. The first-order valence-corrected chi connectivity index (χ1v) is 9.04. The van der Waals surface area contributed by atoms with Crippen molar-refractivity contribution < 1.29 is 13.2 Å². The molecule has 2 aliphatic heterocycles. The number of carbonyl (C=O) groups excluding carboxylic acids is 1. The summed E-state index contributed by atoms with van der Waals surface area (Å²) in [6.07, 6.45) is 3.75. The lowest BCUT2D eigenvalue weighted by Gasteiger charge is -2.44. The number of piperidine rings is 1. The fourth-order valence-corrected chi connectivity index (χ4v) is 5.05. The molecule has 2 saturated heterocycles. The molecule has 0 aromatic heterocycles. The smallest absolute Gasteiger partial charge is 0.227 e. The van der Waals surface area contributed by atoms with Gasteiger partial charge in [-0.3, -0.25) is 4.79 Å². The Morgan fingerprint density at radius 2 is 1.84 bits per heavy atom. The third-order valence-corrected chi connectivity index (χ3v) is 6.14. The highest BCUT2D eigenvalue weighted by Crippen LogP contribution is 2.34. The summed E-state index contributed by atoms with van der Waals surface area (Å²) in [4.78, 5) is 14.6. The van der Waals surface area contributed by atoms with E-state index < -0.39 is 9.84 Å². The third-order valence-electron chi connectivity index (χ3n) is 4.37. The van der Waals surface area contributed by atoms with E-state index in [-0.39, 0.29) is 34.8 Å². The van der Waals surface area contributed by atoms with E-state index in [2.05, 4.69) is 20.8 Å². The Morgan fingerprint density at radius 1 is 1.16 bits per heavy atom. The van der Waals surface area contributed by atoms with Crippen LogP contribution in [0.25, 0.3) is 0 Å². The summed E-state index contributed by atoms with van der Waals surface area (Å²) in [5.41, 5.74) is 0.0631. The molecule has 2 atom stereocenters. The Balaban J connectivity index is 2.12. The highest BCUT2D eigenvalue weighted by atomic mass is 32.2. The zero-order valence-electron chi connectivity index (χ0n) is 12.2. The van der Waals surface area contributed by atoms with Gasteiger partial charge in [-0.15, -0.1) is 0 Å². The average Bonchev–Trinajstić information content (AvgIpc) is 2.68. The van der Waals surface area contributed by atoms with E-state index >= 15 is 0 Å². The maximum Gasteiger partial charge on any atom is 0.227 e. The summed E-state index contributed by atoms with van der Waals surface area (Å²) in [5, 5.41) is 0. The van der Waals surface area contributed by atoms with Crippen LogP contribution in [0.15, 0.2) is 0 Å². The third kappa shape index (κ3) is 3.30. The molecule has 0 aromatic rings. The van der Waals surface area contributed by atoms with Gasteiger partial charge in [-0.1, -0.05) is 20.8 Å². The van der Waals surface area contributed by atoms with Gasteiger partial charge in [0.05, 0.1) is 17.4 Å². The lowest BCUT2D eigenvalue weighted by Crippen LogP contribution is -2.52. The molecule has 0 aromatic carbocycles. The first-order chi connectivity index (χ1) is 8.71. The van der Waals surface area contributed by atoms with Crippen LogP contribution in [-0.4, -0.2) is 43.3 Å². The van der Waals surface area contributed by atoms with Crippen molar-refractivity contribution in [1.82, 2.24) is 4.90 Å². The fraction of sp³-hybridized carbons (Fsp3) is 0.929. The number of amides is 1. The minimum absolute atomic E-state index is 0.0548. The second kappa shape index (κ2) is 5.08. The van der Waals surface area contributed by atoms with Gasteiger partial charge >= 0.3 is 0 Å². The molecule has 0 aliphatic carbocycles. The van der Waals surface area contributed by atoms with Crippen molar-refractivity contribution in [3.05, 3.63) is 0 Å². The largest absolute Gasteiger partial charge is 0.339 e. The Hall–Kier alpha value is -0.580. The topological polar surface area (TPSA) is 54.5 Å². The van der Waals surface area contributed by atoms with Crippen LogP contribution >= 0.6 is 0 Å². The van der Waals surface area contributed by atoms with Crippen LogP contribution in [0.1, 0.15) is 46.5 Å². The van der Waals surface area contributed by atoms with E-state index in [9.17, 15) is 13.2 Å². The summed E-state index contributed by atoms with van der Waals surface area (Å²) in [7, 11) is -2.98. The molecule has 0 radical (unpaired) electrons.